The maximum absolute atomic E-state index is 14.5. The number of ether oxygens (including phenoxy) is 2. The summed E-state index contributed by atoms with van der Waals surface area (Å²) in [5.41, 5.74) is 2.59. The summed E-state index contributed by atoms with van der Waals surface area (Å²) in [6.07, 6.45) is 10.2. The lowest BCUT2D eigenvalue weighted by Crippen LogP contribution is -2.35. The van der Waals surface area contributed by atoms with Crippen LogP contribution in [0.15, 0.2) is 49.1 Å². The smallest absolute Gasteiger partial charge is 0.229 e. The monoisotopic (exact) mass is 536 g/mol. The second-order valence-corrected chi connectivity index (χ2v) is 9.89. The van der Waals surface area contributed by atoms with E-state index < -0.39 is 23.5 Å². The number of halogens is 3. The van der Waals surface area contributed by atoms with Gasteiger partial charge >= 0.3 is 0 Å². The van der Waals surface area contributed by atoms with E-state index in [1.54, 1.807) is 25.4 Å². The number of methoxy groups -OCH3 is 1. The molecule has 2 aromatic carbocycles. The Balaban J connectivity index is 1.22. The summed E-state index contributed by atoms with van der Waals surface area (Å²) in [4.78, 5) is 15.1. The van der Waals surface area contributed by atoms with E-state index in [-0.39, 0.29) is 18.1 Å². The van der Waals surface area contributed by atoms with Crippen LogP contribution < -0.4 is 19.7 Å². The fraction of sp³-hybridized carbons (Fsp3) is 0.321. The lowest BCUT2D eigenvalue weighted by atomic mass is 9.82. The molecule has 8 nitrogen and oxygen atoms in total. The van der Waals surface area contributed by atoms with E-state index in [0.717, 1.165) is 29.8 Å². The molecule has 1 aliphatic carbocycles. The van der Waals surface area contributed by atoms with Crippen LogP contribution in [0.5, 0.6) is 11.5 Å². The molecule has 0 saturated heterocycles. The summed E-state index contributed by atoms with van der Waals surface area (Å²) in [6.45, 7) is 0.0247. The molecule has 0 spiro atoms. The Morgan fingerprint density at radius 2 is 1.90 bits per heavy atom. The number of anilines is 3. The number of nitrogens with zero attached hydrogens (tertiary/aromatic N) is 5. The predicted molar refractivity (Wildman–Crippen MR) is 139 cm³/mol. The average Bonchev–Trinajstić information content (AvgIpc) is 3.38. The zero-order valence-electron chi connectivity index (χ0n) is 21.5. The van der Waals surface area contributed by atoms with E-state index in [9.17, 15) is 13.2 Å². The van der Waals surface area contributed by atoms with Crippen LogP contribution >= 0.6 is 0 Å². The summed E-state index contributed by atoms with van der Waals surface area (Å²) in [6, 6.07) is 6.32. The third kappa shape index (κ3) is 4.84. The van der Waals surface area contributed by atoms with E-state index in [0.29, 0.717) is 29.1 Å². The molecule has 11 heteroatoms. The fourth-order valence-corrected chi connectivity index (χ4v) is 4.99. The lowest BCUT2D eigenvalue weighted by Gasteiger charge is -2.35. The standard InChI is InChI=1S/C28H27F3N6O2/c1-36-24(19-10-21(30)22(31)11-20(19)29)14-39-26-12-32-28(35-27(26)36)34-17-6-7-23(25(9-17)38-2)37-13-18(33-15-37)8-16-4-3-5-16/h6-7,9-13,15-16,24H,3-5,8,14H2,1-2H3,(H,32,34,35). The molecule has 4 aromatic rings. The van der Waals surface area contributed by atoms with E-state index in [2.05, 4.69) is 20.3 Å². The van der Waals surface area contributed by atoms with Crippen molar-refractivity contribution in [3.05, 3.63) is 77.8 Å². The van der Waals surface area contributed by atoms with E-state index >= 15 is 0 Å². The van der Waals surface area contributed by atoms with Gasteiger partial charge < -0.3 is 24.3 Å². The molecule has 202 valence electrons. The van der Waals surface area contributed by atoms with Gasteiger partial charge in [0, 0.05) is 36.6 Å². The number of hydrogen-bond acceptors (Lipinski definition) is 7. The van der Waals surface area contributed by atoms with Gasteiger partial charge in [0.15, 0.2) is 23.2 Å². The highest BCUT2D eigenvalue weighted by Crippen LogP contribution is 2.38. The molecule has 1 unspecified atom stereocenters. The highest BCUT2D eigenvalue weighted by molar-refractivity contribution is 5.64. The number of rotatable bonds is 7. The van der Waals surface area contributed by atoms with Crippen LogP contribution in [0, 0.1) is 23.4 Å². The van der Waals surface area contributed by atoms with E-state index in [1.807, 2.05) is 29.0 Å². The average molecular weight is 537 g/mol. The van der Waals surface area contributed by atoms with Crippen molar-refractivity contribution in [2.75, 3.05) is 31.0 Å². The first-order valence-electron chi connectivity index (χ1n) is 12.7. The normalized spacial score (nSPS) is 16.8. The van der Waals surface area contributed by atoms with E-state index in [4.69, 9.17) is 9.47 Å². The van der Waals surface area contributed by atoms with Crippen molar-refractivity contribution in [3.63, 3.8) is 0 Å². The summed E-state index contributed by atoms with van der Waals surface area (Å²) in [5, 5.41) is 3.16. The zero-order valence-corrected chi connectivity index (χ0v) is 21.5. The first-order chi connectivity index (χ1) is 18.9. The highest BCUT2D eigenvalue weighted by Gasteiger charge is 2.31. The molecular formula is C28H27F3N6O2. The largest absolute Gasteiger partial charge is 0.494 e. The van der Waals surface area contributed by atoms with Crippen molar-refractivity contribution in [2.45, 2.75) is 31.7 Å². The number of nitrogens with one attached hydrogen (secondary N) is 1. The Bertz CT molecular complexity index is 1520. The second-order valence-electron chi connectivity index (χ2n) is 9.89. The summed E-state index contributed by atoms with van der Waals surface area (Å²) in [7, 11) is 3.29. The first kappa shape index (κ1) is 25.0. The molecule has 1 N–H and O–H groups in total. The minimum absolute atomic E-state index is 0.0224. The van der Waals surface area contributed by atoms with Crippen molar-refractivity contribution in [1.82, 2.24) is 19.5 Å². The Morgan fingerprint density at radius 3 is 2.67 bits per heavy atom. The predicted octanol–water partition coefficient (Wildman–Crippen LogP) is 5.74. The lowest BCUT2D eigenvalue weighted by molar-refractivity contribution is 0.261. The van der Waals surface area contributed by atoms with Crippen LogP contribution in [-0.4, -0.2) is 40.3 Å². The highest BCUT2D eigenvalue weighted by atomic mass is 19.2. The van der Waals surface area contributed by atoms with Crippen molar-refractivity contribution in [1.29, 1.82) is 0 Å². The molecule has 2 aromatic heterocycles. The summed E-state index contributed by atoms with van der Waals surface area (Å²) >= 11 is 0. The molecular weight excluding hydrogens is 509 g/mol. The number of benzene rings is 2. The number of fused-ring (bicyclic) bond motifs is 1. The molecule has 0 amide bonds. The summed E-state index contributed by atoms with van der Waals surface area (Å²) < 4.78 is 55.1. The molecule has 39 heavy (non-hydrogen) atoms. The Kier molecular flexibility index (Phi) is 6.49. The molecule has 6 rings (SSSR count). The van der Waals surface area contributed by atoms with Crippen LogP contribution in [0.25, 0.3) is 5.69 Å². The van der Waals surface area contributed by atoms with Crippen molar-refractivity contribution in [3.8, 4) is 17.2 Å². The van der Waals surface area contributed by atoms with Gasteiger partial charge in [0.2, 0.25) is 5.95 Å². The SMILES string of the molecule is COc1cc(Nc2ncc3c(n2)N(C)C(c2cc(F)c(F)cc2F)CO3)ccc1-n1cnc(CC2CCC2)c1. The molecule has 1 atom stereocenters. The molecule has 2 aliphatic rings. The van der Waals surface area contributed by atoms with Gasteiger partial charge in [0.25, 0.3) is 0 Å². The number of hydrogen-bond donors (Lipinski definition) is 1. The molecule has 1 aliphatic heterocycles. The van der Waals surface area contributed by atoms with Gasteiger partial charge in [-0.15, -0.1) is 0 Å². The van der Waals surface area contributed by atoms with Gasteiger partial charge in [-0.1, -0.05) is 19.3 Å². The number of likely N-dealkylation sites (N-methyl/N-ethyl adjacent to an activating group) is 1. The van der Waals surface area contributed by atoms with Gasteiger partial charge in [-0.3, -0.25) is 0 Å². The third-order valence-electron chi connectivity index (χ3n) is 7.41. The molecule has 0 radical (unpaired) electrons. The van der Waals surface area contributed by atoms with Crippen molar-refractivity contribution in [2.24, 2.45) is 5.92 Å². The maximum Gasteiger partial charge on any atom is 0.229 e. The quantitative estimate of drug-likeness (QED) is 0.302. The van der Waals surface area contributed by atoms with Crippen LogP contribution in [0.1, 0.15) is 36.6 Å². The Morgan fingerprint density at radius 1 is 1.08 bits per heavy atom. The van der Waals surface area contributed by atoms with Gasteiger partial charge in [-0.2, -0.15) is 4.98 Å². The van der Waals surface area contributed by atoms with Crippen LogP contribution in [0.3, 0.4) is 0 Å². The van der Waals surface area contributed by atoms with E-state index in [1.165, 1.54) is 25.5 Å². The fourth-order valence-electron chi connectivity index (χ4n) is 4.99. The Labute approximate surface area is 223 Å². The first-order valence-corrected chi connectivity index (χ1v) is 12.7. The van der Waals surface area contributed by atoms with Crippen molar-refractivity contribution >= 4 is 17.5 Å². The van der Waals surface area contributed by atoms with Gasteiger partial charge in [0.1, 0.15) is 18.2 Å². The zero-order chi connectivity index (χ0) is 27.1. The maximum atomic E-state index is 14.5. The minimum atomic E-state index is -1.24. The topological polar surface area (TPSA) is 77.3 Å². The third-order valence-corrected chi connectivity index (χ3v) is 7.41. The second kappa shape index (κ2) is 10.1. The van der Waals surface area contributed by atoms with Gasteiger partial charge in [-0.05, 0) is 30.5 Å². The van der Waals surface area contributed by atoms with Gasteiger partial charge in [-0.25, -0.2) is 23.1 Å². The summed E-state index contributed by atoms with van der Waals surface area (Å²) in [5.74, 6) is -0.802. The molecule has 1 fully saturated rings. The Hall–Kier alpha value is -4.28. The molecule has 0 bridgehead atoms. The molecule has 1 saturated carbocycles. The minimum Gasteiger partial charge on any atom is -0.494 e. The van der Waals surface area contributed by atoms with Gasteiger partial charge in [0.05, 0.1) is 37.1 Å². The number of aromatic nitrogens is 4. The van der Waals surface area contributed by atoms with Crippen LogP contribution in [0.2, 0.25) is 0 Å². The van der Waals surface area contributed by atoms with Crippen LogP contribution in [0.4, 0.5) is 30.6 Å². The number of imidazole rings is 1. The van der Waals surface area contributed by atoms with Crippen molar-refractivity contribution < 1.29 is 22.6 Å². The van der Waals surface area contributed by atoms with Crippen LogP contribution in [-0.2, 0) is 6.42 Å². The molecule has 3 heterocycles.